The van der Waals surface area contributed by atoms with Crippen molar-refractivity contribution >= 4 is 22.0 Å². The van der Waals surface area contributed by atoms with Crippen molar-refractivity contribution in [3.63, 3.8) is 0 Å². The van der Waals surface area contributed by atoms with Gasteiger partial charge in [0.25, 0.3) is 0 Å². The molecule has 0 saturated carbocycles. The van der Waals surface area contributed by atoms with Crippen LogP contribution in [-0.4, -0.2) is 30.9 Å². The molecule has 4 aromatic rings. The van der Waals surface area contributed by atoms with Crippen LogP contribution >= 0.6 is 0 Å². The number of hydrogen-bond acceptors (Lipinski definition) is 6. The van der Waals surface area contributed by atoms with Gasteiger partial charge in [0, 0.05) is 12.1 Å². The van der Waals surface area contributed by atoms with Gasteiger partial charge in [-0.3, -0.25) is 4.57 Å². The normalized spacial score (nSPS) is 11.0. The lowest BCUT2D eigenvalue weighted by Crippen LogP contribution is -2.05. The number of methoxy groups -OCH3 is 3. The summed E-state index contributed by atoms with van der Waals surface area (Å²) >= 11 is 0. The third-order valence-electron chi connectivity index (χ3n) is 4.23. The van der Waals surface area contributed by atoms with E-state index in [4.69, 9.17) is 18.6 Å². The van der Waals surface area contributed by atoms with Crippen LogP contribution in [0.2, 0.25) is 0 Å². The van der Waals surface area contributed by atoms with E-state index in [2.05, 4.69) is 4.98 Å². The summed E-state index contributed by atoms with van der Waals surface area (Å²) in [5.74, 6) is 1.24. The summed E-state index contributed by atoms with van der Waals surface area (Å²) in [6, 6.07) is 10.7. The Labute approximate surface area is 148 Å². The first-order valence-corrected chi connectivity index (χ1v) is 7.87. The molecule has 0 amide bonds. The number of benzene rings is 2. The molecule has 0 atom stereocenters. The van der Waals surface area contributed by atoms with E-state index >= 15 is 0 Å². The van der Waals surface area contributed by atoms with Gasteiger partial charge in [-0.25, -0.2) is 9.78 Å². The van der Waals surface area contributed by atoms with Crippen molar-refractivity contribution in [2.45, 2.75) is 0 Å². The second-order valence-corrected chi connectivity index (χ2v) is 5.57. The standard InChI is InChI=1S/C19H16N2O5/c1-23-15-9-14-17(19(25-3)18(15)24-2)13(8-16(22)26-14)21-10-20-11-6-4-5-7-12(11)21/h4-10H,1-3H3. The summed E-state index contributed by atoms with van der Waals surface area (Å²) < 4.78 is 23.6. The zero-order valence-electron chi connectivity index (χ0n) is 14.5. The van der Waals surface area contributed by atoms with Crippen molar-refractivity contribution in [3.05, 3.63) is 53.1 Å². The molecule has 0 aliphatic rings. The lowest BCUT2D eigenvalue weighted by molar-refractivity contribution is 0.326. The van der Waals surface area contributed by atoms with E-state index in [1.54, 1.807) is 12.4 Å². The predicted molar refractivity (Wildman–Crippen MR) is 96.8 cm³/mol. The first-order chi connectivity index (χ1) is 12.7. The van der Waals surface area contributed by atoms with Gasteiger partial charge in [-0.05, 0) is 12.1 Å². The Kier molecular flexibility index (Phi) is 3.76. The van der Waals surface area contributed by atoms with Crippen LogP contribution in [0.25, 0.3) is 27.7 Å². The molecule has 0 radical (unpaired) electrons. The second-order valence-electron chi connectivity index (χ2n) is 5.57. The van der Waals surface area contributed by atoms with Crippen LogP contribution in [0.3, 0.4) is 0 Å². The van der Waals surface area contributed by atoms with Gasteiger partial charge in [-0.1, -0.05) is 12.1 Å². The zero-order chi connectivity index (χ0) is 18.3. The van der Waals surface area contributed by atoms with Gasteiger partial charge in [0.1, 0.15) is 11.9 Å². The van der Waals surface area contributed by atoms with Crippen LogP contribution in [-0.2, 0) is 0 Å². The molecule has 0 unspecified atom stereocenters. The number of imidazole rings is 1. The lowest BCUT2D eigenvalue weighted by Gasteiger charge is -2.16. The minimum absolute atomic E-state index is 0.333. The number of fused-ring (bicyclic) bond motifs is 2. The zero-order valence-corrected chi connectivity index (χ0v) is 14.5. The molecule has 2 aromatic heterocycles. The maximum Gasteiger partial charge on any atom is 0.338 e. The summed E-state index contributed by atoms with van der Waals surface area (Å²) in [6.07, 6.45) is 1.66. The summed E-state index contributed by atoms with van der Waals surface area (Å²) in [4.78, 5) is 16.6. The molecule has 2 heterocycles. The smallest absolute Gasteiger partial charge is 0.338 e. The van der Waals surface area contributed by atoms with Crippen molar-refractivity contribution in [2.75, 3.05) is 21.3 Å². The van der Waals surface area contributed by atoms with E-state index in [0.29, 0.717) is 33.9 Å². The quantitative estimate of drug-likeness (QED) is 0.525. The van der Waals surface area contributed by atoms with Crippen molar-refractivity contribution in [1.82, 2.24) is 9.55 Å². The molecule has 26 heavy (non-hydrogen) atoms. The molecule has 2 aromatic carbocycles. The van der Waals surface area contributed by atoms with Crippen LogP contribution in [0.5, 0.6) is 17.2 Å². The summed E-state index contributed by atoms with van der Waals surface area (Å²) in [5, 5.41) is 0.591. The highest BCUT2D eigenvalue weighted by Gasteiger charge is 2.22. The van der Waals surface area contributed by atoms with Crippen LogP contribution in [0.1, 0.15) is 0 Å². The average Bonchev–Trinajstić information content (AvgIpc) is 3.09. The van der Waals surface area contributed by atoms with E-state index in [1.807, 2.05) is 28.8 Å². The Morgan fingerprint density at radius 3 is 2.50 bits per heavy atom. The van der Waals surface area contributed by atoms with Crippen LogP contribution in [0.4, 0.5) is 0 Å². The molecule has 4 rings (SSSR count). The number of ether oxygens (including phenoxy) is 3. The van der Waals surface area contributed by atoms with Crippen LogP contribution < -0.4 is 19.8 Å². The third kappa shape index (κ3) is 2.28. The predicted octanol–water partition coefficient (Wildman–Crippen LogP) is 3.16. The maximum atomic E-state index is 12.2. The van der Waals surface area contributed by atoms with Crippen molar-refractivity contribution in [3.8, 4) is 22.9 Å². The number of hydrogen-bond donors (Lipinski definition) is 0. The molecule has 0 fully saturated rings. The number of para-hydroxylation sites is 2. The Bertz CT molecular complexity index is 1180. The van der Waals surface area contributed by atoms with Gasteiger partial charge in [-0.15, -0.1) is 0 Å². The van der Waals surface area contributed by atoms with Crippen molar-refractivity contribution in [2.24, 2.45) is 0 Å². The molecule has 7 heteroatoms. The average molecular weight is 352 g/mol. The van der Waals surface area contributed by atoms with E-state index < -0.39 is 5.63 Å². The second kappa shape index (κ2) is 6.11. The van der Waals surface area contributed by atoms with E-state index in [-0.39, 0.29) is 0 Å². The summed E-state index contributed by atoms with van der Waals surface area (Å²) in [5.41, 5.74) is 2.10. The Morgan fingerprint density at radius 1 is 1.00 bits per heavy atom. The van der Waals surface area contributed by atoms with Crippen LogP contribution in [0.15, 0.2) is 51.9 Å². The Balaban J connectivity index is 2.17. The molecular weight excluding hydrogens is 336 g/mol. The third-order valence-corrected chi connectivity index (χ3v) is 4.23. The fraction of sp³-hybridized carbons (Fsp3) is 0.158. The molecule has 0 N–H and O–H groups in total. The largest absolute Gasteiger partial charge is 0.493 e. The lowest BCUT2D eigenvalue weighted by atomic mass is 10.1. The summed E-state index contributed by atoms with van der Waals surface area (Å²) in [7, 11) is 4.56. The Morgan fingerprint density at radius 2 is 1.77 bits per heavy atom. The molecule has 0 spiro atoms. The van der Waals surface area contributed by atoms with Crippen LogP contribution in [0, 0.1) is 0 Å². The van der Waals surface area contributed by atoms with Crippen molar-refractivity contribution < 1.29 is 18.6 Å². The molecular formula is C19H16N2O5. The molecule has 0 aliphatic carbocycles. The summed E-state index contributed by atoms with van der Waals surface area (Å²) in [6.45, 7) is 0. The SMILES string of the molecule is COc1cc2oc(=O)cc(-n3cnc4ccccc43)c2c(OC)c1OC. The van der Waals surface area contributed by atoms with Gasteiger partial charge in [0.2, 0.25) is 5.75 Å². The molecule has 0 saturated heterocycles. The number of nitrogens with zero attached hydrogens (tertiary/aromatic N) is 2. The highest BCUT2D eigenvalue weighted by molar-refractivity contribution is 5.97. The first kappa shape index (κ1) is 16.0. The molecule has 132 valence electrons. The Hall–Kier alpha value is -3.48. The molecule has 7 nitrogen and oxygen atoms in total. The highest BCUT2D eigenvalue weighted by atomic mass is 16.5. The molecule has 0 bridgehead atoms. The van der Waals surface area contributed by atoms with Gasteiger partial charge in [0.15, 0.2) is 11.5 Å². The van der Waals surface area contributed by atoms with Gasteiger partial charge >= 0.3 is 5.63 Å². The van der Waals surface area contributed by atoms with Crippen molar-refractivity contribution in [1.29, 1.82) is 0 Å². The highest BCUT2D eigenvalue weighted by Crippen LogP contribution is 2.45. The topological polar surface area (TPSA) is 75.7 Å². The van der Waals surface area contributed by atoms with Gasteiger partial charge < -0.3 is 18.6 Å². The maximum absolute atomic E-state index is 12.2. The van der Waals surface area contributed by atoms with E-state index in [0.717, 1.165) is 11.0 Å². The van der Waals surface area contributed by atoms with E-state index in [1.165, 1.54) is 27.4 Å². The minimum atomic E-state index is -0.487. The number of aromatic nitrogens is 2. The fourth-order valence-corrected chi connectivity index (χ4v) is 3.12. The van der Waals surface area contributed by atoms with E-state index in [9.17, 15) is 4.79 Å². The van der Waals surface area contributed by atoms with Gasteiger partial charge in [0.05, 0.1) is 43.4 Å². The minimum Gasteiger partial charge on any atom is -0.493 e. The number of rotatable bonds is 4. The molecule has 0 aliphatic heterocycles. The first-order valence-electron chi connectivity index (χ1n) is 7.87. The van der Waals surface area contributed by atoms with Gasteiger partial charge in [-0.2, -0.15) is 0 Å². The fourth-order valence-electron chi connectivity index (χ4n) is 3.12. The monoisotopic (exact) mass is 352 g/mol.